The van der Waals surface area contributed by atoms with Gasteiger partial charge in [0.15, 0.2) is 6.61 Å². The predicted octanol–water partition coefficient (Wildman–Crippen LogP) is 3.18. The number of hydrogen-bond donors (Lipinski definition) is 2. The number of imide groups is 1. The Kier molecular flexibility index (Phi) is 6.35. The van der Waals surface area contributed by atoms with Crippen molar-refractivity contribution in [2.24, 2.45) is 0 Å². The van der Waals surface area contributed by atoms with Crippen LogP contribution in [0.1, 0.15) is 41.0 Å². The van der Waals surface area contributed by atoms with E-state index >= 15 is 0 Å². The van der Waals surface area contributed by atoms with Gasteiger partial charge in [-0.1, -0.05) is 12.8 Å². The molecule has 28 heavy (non-hydrogen) atoms. The van der Waals surface area contributed by atoms with Gasteiger partial charge in [0.1, 0.15) is 15.7 Å². The van der Waals surface area contributed by atoms with Gasteiger partial charge in [0.25, 0.3) is 5.91 Å². The first-order valence-electron chi connectivity index (χ1n) is 8.93. The van der Waals surface area contributed by atoms with Gasteiger partial charge in [-0.3, -0.25) is 10.1 Å². The van der Waals surface area contributed by atoms with Crippen molar-refractivity contribution in [1.29, 1.82) is 0 Å². The fraction of sp³-hybridized carbons (Fsp3) is 0.368. The van der Waals surface area contributed by atoms with Crippen molar-refractivity contribution < 1.29 is 23.5 Å². The molecule has 2 aromatic rings. The molecule has 9 heteroatoms. The molecule has 3 rings (SSSR count). The highest BCUT2D eigenvalue weighted by atomic mass is 32.1. The van der Waals surface area contributed by atoms with Crippen molar-refractivity contribution >= 4 is 29.2 Å². The molecule has 1 aromatic carbocycles. The van der Waals surface area contributed by atoms with E-state index in [9.17, 15) is 18.8 Å². The van der Waals surface area contributed by atoms with Gasteiger partial charge in [-0.2, -0.15) is 0 Å². The van der Waals surface area contributed by atoms with Gasteiger partial charge in [0.05, 0.1) is 5.69 Å². The number of hydrogen-bond acceptors (Lipinski definition) is 6. The number of urea groups is 1. The van der Waals surface area contributed by atoms with Gasteiger partial charge in [-0.05, 0) is 44.0 Å². The molecule has 2 N–H and O–H groups in total. The smallest absolute Gasteiger partial charge is 0.350 e. The number of aryl methyl sites for hydroxylation is 1. The van der Waals surface area contributed by atoms with Crippen LogP contribution in [0.25, 0.3) is 10.6 Å². The monoisotopic (exact) mass is 405 g/mol. The van der Waals surface area contributed by atoms with E-state index < -0.39 is 24.5 Å². The highest BCUT2D eigenvalue weighted by Gasteiger charge is 2.21. The molecule has 0 radical (unpaired) electrons. The van der Waals surface area contributed by atoms with Crippen molar-refractivity contribution in [1.82, 2.24) is 15.6 Å². The Hall–Kier alpha value is -2.81. The van der Waals surface area contributed by atoms with Crippen LogP contribution in [0.15, 0.2) is 24.3 Å². The first kappa shape index (κ1) is 19.9. The van der Waals surface area contributed by atoms with E-state index in [0.29, 0.717) is 16.3 Å². The molecular weight excluding hydrogens is 385 g/mol. The van der Waals surface area contributed by atoms with Crippen LogP contribution in [-0.2, 0) is 9.53 Å². The first-order valence-corrected chi connectivity index (χ1v) is 9.75. The largest absolute Gasteiger partial charge is 0.451 e. The molecule has 0 aliphatic heterocycles. The Labute approximate surface area is 165 Å². The summed E-state index contributed by atoms with van der Waals surface area (Å²) in [5, 5.41) is 5.41. The summed E-state index contributed by atoms with van der Waals surface area (Å²) in [6, 6.07) is 5.26. The van der Waals surface area contributed by atoms with Crippen LogP contribution in [0.5, 0.6) is 0 Å². The Morgan fingerprint density at radius 2 is 1.89 bits per heavy atom. The van der Waals surface area contributed by atoms with E-state index in [2.05, 4.69) is 15.6 Å². The lowest BCUT2D eigenvalue weighted by atomic mass is 10.2. The third kappa shape index (κ3) is 5.13. The summed E-state index contributed by atoms with van der Waals surface area (Å²) in [5.41, 5.74) is 1.13. The lowest BCUT2D eigenvalue weighted by molar-refractivity contribution is -0.123. The van der Waals surface area contributed by atoms with Crippen molar-refractivity contribution in [3.05, 3.63) is 40.7 Å². The number of ether oxygens (including phenoxy) is 1. The summed E-state index contributed by atoms with van der Waals surface area (Å²) < 4.78 is 18.0. The summed E-state index contributed by atoms with van der Waals surface area (Å²) in [6.07, 6.45) is 3.92. The van der Waals surface area contributed by atoms with Gasteiger partial charge in [-0.25, -0.2) is 19.0 Å². The summed E-state index contributed by atoms with van der Waals surface area (Å²) >= 11 is 1.09. The number of benzene rings is 1. The van der Waals surface area contributed by atoms with Gasteiger partial charge in [-0.15, -0.1) is 11.3 Å². The third-order valence-electron chi connectivity index (χ3n) is 4.35. The van der Waals surface area contributed by atoms with Crippen molar-refractivity contribution in [3.8, 4) is 10.6 Å². The van der Waals surface area contributed by atoms with E-state index in [1.165, 1.54) is 12.1 Å². The number of rotatable bonds is 5. The van der Waals surface area contributed by atoms with E-state index in [1.807, 2.05) is 0 Å². The van der Waals surface area contributed by atoms with Gasteiger partial charge in [0, 0.05) is 11.6 Å². The molecule has 0 saturated heterocycles. The van der Waals surface area contributed by atoms with E-state index in [0.717, 1.165) is 37.0 Å². The lowest BCUT2D eigenvalue weighted by Crippen LogP contribution is -2.44. The van der Waals surface area contributed by atoms with Crippen LogP contribution in [0.3, 0.4) is 0 Å². The Morgan fingerprint density at radius 1 is 1.21 bits per heavy atom. The van der Waals surface area contributed by atoms with Crippen molar-refractivity contribution in [2.75, 3.05) is 6.61 Å². The average molecular weight is 405 g/mol. The minimum Gasteiger partial charge on any atom is -0.451 e. The molecule has 1 saturated carbocycles. The average Bonchev–Trinajstić information content (AvgIpc) is 3.30. The fourth-order valence-corrected chi connectivity index (χ4v) is 3.92. The Morgan fingerprint density at radius 3 is 2.57 bits per heavy atom. The van der Waals surface area contributed by atoms with E-state index in [4.69, 9.17) is 4.74 Å². The SMILES string of the molecule is Cc1nc(-c2ccc(F)cc2)sc1C(=O)OCC(=O)NC(=O)NC1CCCC1. The van der Waals surface area contributed by atoms with Crippen LogP contribution < -0.4 is 10.6 Å². The highest BCUT2D eigenvalue weighted by molar-refractivity contribution is 7.17. The number of esters is 1. The number of aromatic nitrogens is 1. The molecule has 1 aliphatic carbocycles. The van der Waals surface area contributed by atoms with Crippen LogP contribution in [0.4, 0.5) is 9.18 Å². The van der Waals surface area contributed by atoms with Crippen molar-refractivity contribution in [3.63, 3.8) is 0 Å². The molecular formula is C19H20FN3O4S. The molecule has 1 fully saturated rings. The summed E-state index contributed by atoms with van der Waals surface area (Å²) in [7, 11) is 0. The van der Waals surface area contributed by atoms with Gasteiger partial charge >= 0.3 is 12.0 Å². The minimum absolute atomic E-state index is 0.0834. The number of halogens is 1. The quantitative estimate of drug-likeness (QED) is 0.745. The molecule has 148 valence electrons. The predicted molar refractivity (Wildman–Crippen MR) is 101 cm³/mol. The van der Waals surface area contributed by atoms with E-state index in [1.54, 1.807) is 19.1 Å². The molecule has 1 aromatic heterocycles. The number of carbonyl (C=O) groups excluding carboxylic acids is 3. The number of amides is 3. The second-order valence-corrected chi connectivity index (χ2v) is 7.52. The van der Waals surface area contributed by atoms with Crippen LogP contribution in [-0.4, -0.2) is 35.5 Å². The molecule has 1 heterocycles. The molecule has 7 nitrogen and oxygen atoms in total. The van der Waals surface area contributed by atoms with Crippen molar-refractivity contribution in [2.45, 2.75) is 38.6 Å². The topological polar surface area (TPSA) is 97.4 Å². The zero-order valence-corrected chi connectivity index (χ0v) is 16.1. The molecule has 1 aliphatic rings. The number of carbonyl (C=O) groups is 3. The summed E-state index contributed by atoms with van der Waals surface area (Å²) in [5.74, 6) is -1.76. The number of nitrogens with zero attached hydrogens (tertiary/aromatic N) is 1. The normalized spacial score (nSPS) is 13.9. The molecule has 0 bridgehead atoms. The Balaban J connectivity index is 1.52. The first-order chi connectivity index (χ1) is 13.4. The maximum Gasteiger partial charge on any atom is 0.350 e. The second-order valence-electron chi connectivity index (χ2n) is 6.52. The van der Waals surface area contributed by atoms with Gasteiger partial charge < -0.3 is 10.1 Å². The van der Waals surface area contributed by atoms with Crippen LogP contribution in [0, 0.1) is 12.7 Å². The second kappa shape index (κ2) is 8.92. The molecule has 3 amide bonds. The number of nitrogens with one attached hydrogen (secondary N) is 2. The zero-order chi connectivity index (χ0) is 20.1. The number of thiazole rings is 1. The Bertz CT molecular complexity index is 876. The minimum atomic E-state index is -0.704. The summed E-state index contributed by atoms with van der Waals surface area (Å²) in [6.45, 7) is 1.08. The fourth-order valence-electron chi connectivity index (χ4n) is 2.95. The molecule has 0 spiro atoms. The molecule has 0 atom stereocenters. The van der Waals surface area contributed by atoms with Gasteiger partial charge in [0.2, 0.25) is 0 Å². The molecule has 0 unspecified atom stereocenters. The van der Waals surface area contributed by atoms with Crippen LogP contribution >= 0.6 is 11.3 Å². The highest BCUT2D eigenvalue weighted by Crippen LogP contribution is 2.28. The summed E-state index contributed by atoms with van der Waals surface area (Å²) in [4.78, 5) is 40.3. The zero-order valence-electron chi connectivity index (χ0n) is 15.3. The van der Waals surface area contributed by atoms with Crippen LogP contribution in [0.2, 0.25) is 0 Å². The maximum atomic E-state index is 13.0. The maximum absolute atomic E-state index is 13.0. The van der Waals surface area contributed by atoms with E-state index in [-0.39, 0.29) is 16.7 Å². The third-order valence-corrected chi connectivity index (χ3v) is 5.54. The standard InChI is InChI=1S/C19H20FN3O4S/c1-11-16(28-17(21-11)12-6-8-13(20)9-7-12)18(25)27-10-15(24)23-19(26)22-14-4-2-3-5-14/h6-9,14H,2-5,10H2,1H3,(H2,22,23,24,26). The lowest BCUT2D eigenvalue weighted by Gasteiger charge is -2.12.